The summed E-state index contributed by atoms with van der Waals surface area (Å²) in [5.41, 5.74) is 0.444. The number of benzene rings is 1. The maximum Gasteiger partial charge on any atom is 0.241 e. The first-order valence-electron chi connectivity index (χ1n) is 8.08. The highest BCUT2D eigenvalue weighted by Gasteiger charge is 2.19. The first-order chi connectivity index (χ1) is 10.6. The van der Waals surface area contributed by atoms with Crippen LogP contribution in [-0.2, 0) is 4.79 Å². The van der Waals surface area contributed by atoms with Crippen LogP contribution in [0.25, 0.3) is 0 Å². The maximum atomic E-state index is 13.0. The van der Waals surface area contributed by atoms with Crippen LogP contribution >= 0.6 is 11.6 Å². The van der Waals surface area contributed by atoms with Crippen LogP contribution < -0.4 is 10.6 Å². The van der Waals surface area contributed by atoms with Gasteiger partial charge in [0.15, 0.2) is 0 Å². The minimum atomic E-state index is -0.413. The van der Waals surface area contributed by atoms with Crippen LogP contribution in [0.2, 0.25) is 5.02 Å². The van der Waals surface area contributed by atoms with Crippen molar-refractivity contribution in [2.45, 2.75) is 64.0 Å². The third-order valence-corrected chi connectivity index (χ3v) is 4.49. The average Bonchev–Trinajstić information content (AvgIpc) is 2.44. The van der Waals surface area contributed by atoms with Gasteiger partial charge < -0.3 is 10.6 Å². The highest BCUT2D eigenvalue weighted by molar-refractivity contribution is 6.33. The minimum absolute atomic E-state index is 0.143. The number of carbonyl (C=O) groups is 1. The van der Waals surface area contributed by atoms with Crippen LogP contribution in [0.1, 0.15) is 51.9 Å². The molecule has 0 heterocycles. The topological polar surface area (TPSA) is 41.1 Å². The summed E-state index contributed by atoms with van der Waals surface area (Å²) in [5, 5.41) is 6.38. The van der Waals surface area contributed by atoms with Crippen molar-refractivity contribution in [1.29, 1.82) is 0 Å². The van der Waals surface area contributed by atoms with Crippen molar-refractivity contribution in [3.05, 3.63) is 29.0 Å². The molecule has 1 aliphatic carbocycles. The van der Waals surface area contributed by atoms with E-state index < -0.39 is 5.82 Å². The number of nitrogens with one attached hydrogen (secondary N) is 2. The molecule has 1 aromatic carbocycles. The Bertz CT molecular complexity index is 501. The standard InChI is InChI=1S/C17H24ClFN2O/c1-12(20-14-7-5-3-2-4-6-8-14)17(22)21-16-10-9-13(19)11-15(16)18/h9-12,14,20H,2-8H2,1H3,(H,21,22)/t12-/m0/s1. The summed E-state index contributed by atoms with van der Waals surface area (Å²) in [6.45, 7) is 1.85. The molecule has 1 aliphatic rings. The quantitative estimate of drug-likeness (QED) is 0.854. The second kappa shape index (κ2) is 8.49. The lowest BCUT2D eigenvalue weighted by Gasteiger charge is -2.24. The fraction of sp³-hybridized carbons (Fsp3) is 0.588. The molecule has 0 aliphatic heterocycles. The molecule has 1 saturated carbocycles. The molecule has 0 aromatic heterocycles. The van der Waals surface area contributed by atoms with Gasteiger partial charge in [-0.2, -0.15) is 0 Å². The largest absolute Gasteiger partial charge is 0.323 e. The minimum Gasteiger partial charge on any atom is -0.323 e. The Balaban J connectivity index is 1.88. The molecular weight excluding hydrogens is 303 g/mol. The van der Waals surface area contributed by atoms with Crippen LogP contribution in [0.4, 0.5) is 10.1 Å². The number of hydrogen-bond acceptors (Lipinski definition) is 2. The van der Waals surface area contributed by atoms with Crippen molar-refractivity contribution >= 4 is 23.2 Å². The van der Waals surface area contributed by atoms with Crippen molar-refractivity contribution in [3.63, 3.8) is 0 Å². The lowest BCUT2D eigenvalue weighted by atomic mass is 9.96. The van der Waals surface area contributed by atoms with Crippen LogP contribution in [0.15, 0.2) is 18.2 Å². The van der Waals surface area contributed by atoms with Gasteiger partial charge in [-0.15, -0.1) is 0 Å². The van der Waals surface area contributed by atoms with E-state index in [1.807, 2.05) is 6.92 Å². The number of rotatable bonds is 4. The smallest absolute Gasteiger partial charge is 0.241 e. The Morgan fingerprint density at radius 1 is 1.23 bits per heavy atom. The zero-order valence-electron chi connectivity index (χ0n) is 13.0. The highest BCUT2D eigenvalue weighted by atomic mass is 35.5. The van der Waals surface area contributed by atoms with Crippen molar-refractivity contribution in [2.75, 3.05) is 5.32 Å². The number of amides is 1. The fourth-order valence-electron chi connectivity index (χ4n) is 2.88. The number of anilines is 1. The van der Waals surface area contributed by atoms with Crippen molar-refractivity contribution in [1.82, 2.24) is 5.32 Å². The van der Waals surface area contributed by atoms with Gasteiger partial charge in [-0.05, 0) is 38.0 Å². The molecule has 2 N–H and O–H groups in total. The zero-order chi connectivity index (χ0) is 15.9. The SMILES string of the molecule is C[C@H](NC1CCCCCCC1)C(=O)Nc1ccc(F)cc1Cl. The monoisotopic (exact) mass is 326 g/mol. The summed E-state index contributed by atoms with van der Waals surface area (Å²) in [6.07, 6.45) is 8.56. The molecule has 0 saturated heterocycles. The molecule has 5 heteroatoms. The lowest BCUT2D eigenvalue weighted by Crippen LogP contribution is -2.44. The normalized spacial score (nSPS) is 18.3. The Hall–Kier alpha value is -1.13. The molecule has 1 atom stereocenters. The van der Waals surface area contributed by atoms with Crippen LogP contribution in [-0.4, -0.2) is 18.0 Å². The van der Waals surface area contributed by atoms with Gasteiger partial charge in [-0.25, -0.2) is 4.39 Å². The number of carbonyl (C=O) groups excluding carboxylic acids is 1. The molecule has 122 valence electrons. The summed E-state index contributed by atoms with van der Waals surface area (Å²) >= 11 is 5.93. The molecule has 22 heavy (non-hydrogen) atoms. The van der Waals surface area contributed by atoms with E-state index in [9.17, 15) is 9.18 Å². The lowest BCUT2D eigenvalue weighted by molar-refractivity contribution is -0.118. The second-order valence-corrected chi connectivity index (χ2v) is 6.45. The predicted molar refractivity (Wildman–Crippen MR) is 88.7 cm³/mol. The van der Waals surface area contributed by atoms with Crippen molar-refractivity contribution < 1.29 is 9.18 Å². The van der Waals surface area contributed by atoms with Gasteiger partial charge in [-0.1, -0.05) is 43.7 Å². The molecule has 1 aromatic rings. The van der Waals surface area contributed by atoms with E-state index in [1.54, 1.807) is 0 Å². The molecule has 2 rings (SSSR count). The average molecular weight is 327 g/mol. The van der Waals surface area contributed by atoms with Gasteiger partial charge in [0.1, 0.15) is 5.82 Å². The molecule has 0 spiro atoms. The Kier molecular flexibility index (Phi) is 6.65. The number of halogens is 2. The second-order valence-electron chi connectivity index (χ2n) is 6.04. The highest BCUT2D eigenvalue weighted by Crippen LogP contribution is 2.23. The fourth-order valence-corrected chi connectivity index (χ4v) is 3.10. The Morgan fingerprint density at radius 3 is 2.50 bits per heavy atom. The van der Waals surface area contributed by atoms with E-state index in [-0.39, 0.29) is 17.0 Å². The summed E-state index contributed by atoms with van der Waals surface area (Å²) in [5.74, 6) is -0.556. The van der Waals surface area contributed by atoms with Gasteiger partial charge >= 0.3 is 0 Å². The summed E-state index contributed by atoms with van der Waals surface area (Å²) < 4.78 is 13.0. The summed E-state index contributed by atoms with van der Waals surface area (Å²) in [4.78, 5) is 12.3. The molecule has 0 bridgehead atoms. The molecule has 1 fully saturated rings. The van der Waals surface area contributed by atoms with Gasteiger partial charge in [-0.3, -0.25) is 4.79 Å². The van der Waals surface area contributed by atoms with Gasteiger partial charge in [0.2, 0.25) is 5.91 Å². The van der Waals surface area contributed by atoms with E-state index in [2.05, 4.69) is 10.6 Å². The molecule has 3 nitrogen and oxygen atoms in total. The van der Waals surface area contributed by atoms with E-state index in [4.69, 9.17) is 11.6 Å². The van der Waals surface area contributed by atoms with Gasteiger partial charge in [0, 0.05) is 6.04 Å². The maximum absolute atomic E-state index is 13.0. The number of hydrogen-bond donors (Lipinski definition) is 2. The Labute approximate surface area is 136 Å². The third kappa shape index (κ3) is 5.25. The first-order valence-corrected chi connectivity index (χ1v) is 8.46. The molecule has 0 radical (unpaired) electrons. The third-order valence-electron chi connectivity index (χ3n) is 4.17. The van der Waals surface area contributed by atoms with Crippen LogP contribution in [0.3, 0.4) is 0 Å². The Morgan fingerprint density at radius 2 is 1.86 bits per heavy atom. The predicted octanol–water partition coefficient (Wildman–Crippen LogP) is 4.51. The van der Waals surface area contributed by atoms with Crippen molar-refractivity contribution in [3.8, 4) is 0 Å². The van der Waals surface area contributed by atoms with Crippen molar-refractivity contribution in [2.24, 2.45) is 0 Å². The molecule has 0 unspecified atom stereocenters. The van der Waals surface area contributed by atoms with Crippen LogP contribution in [0, 0.1) is 5.82 Å². The van der Waals surface area contributed by atoms with E-state index in [1.165, 1.54) is 50.3 Å². The van der Waals surface area contributed by atoms with E-state index >= 15 is 0 Å². The summed E-state index contributed by atoms with van der Waals surface area (Å²) in [6, 6.07) is 4.06. The molecule has 1 amide bonds. The van der Waals surface area contributed by atoms with Gasteiger partial charge in [0.05, 0.1) is 16.8 Å². The summed E-state index contributed by atoms with van der Waals surface area (Å²) in [7, 11) is 0. The first kappa shape index (κ1) is 17.2. The van der Waals surface area contributed by atoms with Crippen LogP contribution in [0.5, 0.6) is 0 Å². The van der Waals surface area contributed by atoms with Gasteiger partial charge in [0.25, 0.3) is 0 Å². The van der Waals surface area contributed by atoms with E-state index in [0.29, 0.717) is 11.7 Å². The van der Waals surface area contributed by atoms with E-state index in [0.717, 1.165) is 12.8 Å². The zero-order valence-corrected chi connectivity index (χ0v) is 13.8. The molecular formula is C17H24ClFN2O.